The van der Waals surface area contributed by atoms with Crippen LogP contribution in [0.25, 0.3) is 11.3 Å². The summed E-state index contributed by atoms with van der Waals surface area (Å²) in [4.78, 5) is 23.5. The van der Waals surface area contributed by atoms with Crippen molar-refractivity contribution >= 4 is 17.7 Å². The highest BCUT2D eigenvalue weighted by Crippen LogP contribution is 2.32. The lowest BCUT2D eigenvalue weighted by Crippen LogP contribution is -2.27. The first-order valence-corrected chi connectivity index (χ1v) is 8.15. The minimum Gasteiger partial charge on any atom is -0.465 e. The molecule has 7 nitrogen and oxygen atoms in total. The Morgan fingerprint density at radius 3 is 2.92 bits per heavy atom. The van der Waals surface area contributed by atoms with Crippen LogP contribution < -0.4 is 10.6 Å². The van der Waals surface area contributed by atoms with Crippen LogP contribution in [-0.2, 0) is 11.8 Å². The van der Waals surface area contributed by atoms with Crippen molar-refractivity contribution in [1.82, 2.24) is 15.1 Å². The average molecular weight is 358 g/mol. The van der Waals surface area contributed by atoms with Crippen LogP contribution in [0.5, 0.6) is 0 Å². The van der Waals surface area contributed by atoms with Crippen LogP contribution in [0.3, 0.4) is 0 Å². The van der Waals surface area contributed by atoms with Crippen molar-refractivity contribution in [2.24, 2.45) is 13.0 Å². The average Bonchev–Trinajstić information content (AvgIpc) is 2.92. The predicted octanol–water partition coefficient (Wildman–Crippen LogP) is 3.07. The normalized spacial score (nSPS) is 21.0. The lowest BCUT2D eigenvalue weighted by Gasteiger charge is -2.19. The van der Waals surface area contributed by atoms with Gasteiger partial charge in [0.15, 0.2) is 0 Å². The van der Waals surface area contributed by atoms with Crippen LogP contribution in [0, 0.1) is 11.7 Å². The van der Waals surface area contributed by atoms with E-state index >= 15 is 0 Å². The van der Waals surface area contributed by atoms with Crippen LogP contribution in [0.15, 0.2) is 36.5 Å². The van der Waals surface area contributed by atoms with Crippen LogP contribution in [0.4, 0.5) is 14.9 Å². The predicted molar refractivity (Wildman–Crippen MR) is 94.1 cm³/mol. The van der Waals surface area contributed by atoms with E-state index in [4.69, 9.17) is 5.11 Å². The summed E-state index contributed by atoms with van der Waals surface area (Å²) in [5.74, 6) is -1.14. The number of fused-ring (bicyclic) bond motifs is 4. The number of rotatable bonds is 1. The number of halogens is 1. The fourth-order valence-corrected chi connectivity index (χ4v) is 3.00. The van der Waals surface area contributed by atoms with Gasteiger partial charge in [-0.25, -0.2) is 9.18 Å². The molecule has 2 atom stereocenters. The molecular weight excluding hydrogens is 339 g/mol. The van der Waals surface area contributed by atoms with E-state index in [1.54, 1.807) is 36.9 Å². The van der Waals surface area contributed by atoms with Gasteiger partial charge in [0.25, 0.3) is 0 Å². The fourth-order valence-electron chi connectivity index (χ4n) is 3.00. The monoisotopic (exact) mass is 358 g/mol. The third kappa shape index (κ3) is 3.58. The second kappa shape index (κ2) is 6.99. The van der Waals surface area contributed by atoms with Crippen molar-refractivity contribution in [3.05, 3.63) is 47.9 Å². The van der Waals surface area contributed by atoms with E-state index in [0.29, 0.717) is 28.9 Å². The van der Waals surface area contributed by atoms with E-state index in [2.05, 4.69) is 15.7 Å². The summed E-state index contributed by atoms with van der Waals surface area (Å²) in [5.41, 5.74) is 2.02. The maximum Gasteiger partial charge on any atom is 0.405 e. The van der Waals surface area contributed by atoms with Gasteiger partial charge in [-0.1, -0.05) is 19.1 Å². The Hall–Kier alpha value is -3.16. The van der Waals surface area contributed by atoms with E-state index in [-0.39, 0.29) is 5.91 Å². The first kappa shape index (κ1) is 17.7. The minimum atomic E-state index is -1.20. The van der Waals surface area contributed by atoms with Gasteiger partial charge in [-0.15, -0.1) is 0 Å². The van der Waals surface area contributed by atoms with E-state index in [0.717, 1.165) is 0 Å². The number of nitrogens with zero attached hydrogens (tertiary/aromatic N) is 2. The fraction of sp³-hybridized carbons (Fsp3) is 0.278. The molecule has 0 aliphatic carbocycles. The number of hydrogen-bond acceptors (Lipinski definition) is 3. The zero-order chi connectivity index (χ0) is 18.8. The molecule has 2 amide bonds. The molecule has 26 heavy (non-hydrogen) atoms. The first-order valence-electron chi connectivity index (χ1n) is 8.15. The molecule has 2 heterocycles. The van der Waals surface area contributed by atoms with Gasteiger partial charge < -0.3 is 15.7 Å². The van der Waals surface area contributed by atoms with E-state index in [1.807, 2.05) is 0 Å². The molecule has 1 aliphatic rings. The summed E-state index contributed by atoms with van der Waals surface area (Å²) in [5, 5.41) is 18.5. The molecule has 2 aromatic rings. The zero-order valence-electron chi connectivity index (χ0n) is 14.4. The summed E-state index contributed by atoms with van der Waals surface area (Å²) in [6, 6.07) is 3.71. The van der Waals surface area contributed by atoms with Gasteiger partial charge >= 0.3 is 6.09 Å². The topological polar surface area (TPSA) is 96.2 Å². The summed E-state index contributed by atoms with van der Waals surface area (Å²) >= 11 is 0. The van der Waals surface area contributed by atoms with Crippen molar-refractivity contribution in [2.45, 2.75) is 19.4 Å². The van der Waals surface area contributed by atoms with Crippen LogP contribution in [0.1, 0.15) is 24.9 Å². The molecule has 0 spiro atoms. The second-order valence-corrected chi connectivity index (χ2v) is 6.25. The number of aryl methyl sites for hydroxylation is 1. The Morgan fingerprint density at radius 1 is 1.42 bits per heavy atom. The Balaban J connectivity index is 2.18. The van der Waals surface area contributed by atoms with Crippen molar-refractivity contribution < 1.29 is 19.1 Å². The first-order chi connectivity index (χ1) is 12.3. The van der Waals surface area contributed by atoms with Gasteiger partial charge in [-0.2, -0.15) is 5.10 Å². The standard InChI is InChI=1S/C18H19FN4O3/c1-10-4-3-5-14(22-18(25)26)11-6-12(8-13(19)7-11)16-15(21-17(10)24)9-20-23(16)2/h3-4,6-10,14,22H,5H2,1-2H3,(H,21,24)(H,25,26)/b4-3+/t10-,14+/m1/s1. The Labute approximate surface area is 149 Å². The zero-order valence-corrected chi connectivity index (χ0v) is 14.4. The Bertz CT molecular complexity index is 891. The van der Waals surface area contributed by atoms with Gasteiger partial charge in [0.1, 0.15) is 5.82 Å². The third-order valence-electron chi connectivity index (χ3n) is 4.30. The number of hydrogen-bond donors (Lipinski definition) is 3. The van der Waals surface area contributed by atoms with Crippen LogP contribution in [-0.4, -0.2) is 26.9 Å². The maximum absolute atomic E-state index is 14.2. The van der Waals surface area contributed by atoms with Crippen molar-refractivity contribution in [3.8, 4) is 11.3 Å². The van der Waals surface area contributed by atoms with E-state index < -0.39 is 23.9 Å². The van der Waals surface area contributed by atoms with Crippen molar-refractivity contribution in [1.29, 1.82) is 0 Å². The van der Waals surface area contributed by atoms with Gasteiger partial charge in [0.2, 0.25) is 5.91 Å². The highest BCUT2D eigenvalue weighted by Gasteiger charge is 2.21. The van der Waals surface area contributed by atoms with Crippen LogP contribution >= 0.6 is 0 Å². The van der Waals surface area contributed by atoms with E-state index in [1.165, 1.54) is 18.3 Å². The van der Waals surface area contributed by atoms with Gasteiger partial charge in [-0.3, -0.25) is 9.48 Å². The number of aromatic nitrogens is 2. The second-order valence-electron chi connectivity index (χ2n) is 6.25. The summed E-state index contributed by atoms with van der Waals surface area (Å²) < 4.78 is 15.8. The quantitative estimate of drug-likeness (QED) is 0.683. The Kier molecular flexibility index (Phi) is 4.75. The largest absolute Gasteiger partial charge is 0.465 e. The minimum absolute atomic E-state index is 0.226. The Morgan fingerprint density at radius 2 is 2.19 bits per heavy atom. The molecule has 136 valence electrons. The molecule has 1 aromatic carbocycles. The number of amides is 2. The van der Waals surface area contributed by atoms with Crippen molar-refractivity contribution in [2.75, 3.05) is 5.32 Å². The van der Waals surface area contributed by atoms with Gasteiger partial charge in [0.05, 0.1) is 29.5 Å². The summed E-state index contributed by atoms with van der Waals surface area (Å²) in [7, 11) is 1.69. The molecule has 3 rings (SSSR count). The number of carboxylic acid groups (broad SMARTS) is 1. The number of anilines is 1. The molecule has 0 saturated carbocycles. The lowest BCUT2D eigenvalue weighted by molar-refractivity contribution is -0.118. The molecule has 0 fully saturated rings. The molecule has 3 N–H and O–H groups in total. The van der Waals surface area contributed by atoms with Crippen molar-refractivity contribution in [3.63, 3.8) is 0 Å². The number of benzene rings is 1. The molecule has 8 heteroatoms. The number of nitrogens with one attached hydrogen (secondary N) is 2. The number of carbonyl (C=O) groups is 2. The molecular formula is C18H19FN4O3. The van der Waals surface area contributed by atoms with Crippen LogP contribution in [0.2, 0.25) is 0 Å². The SMILES string of the molecule is C[C@@H]1/C=C/C[C@H](NC(=O)O)c2cc(F)cc(c2)-c2c(cnn2C)NC1=O. The highest BCUT2D eigenvalue weighted by molar-refractivity contribution is 5.96. The molecule has 2 bridgehead atoms. The maximum atomic E-state index is 14.2. The molecule has 0 radical (unpaired) electrons. The number of carbonyl (C=O) groups excluding carboxylic acids is 1. The summed E-state index contributed by atoms with van der Waals surface area (Å²) in [6.45, 7) is 1.74. The smallest absolute Gasteiger partial charge is 0.405 e. The molecule has 0 saturated heterocycles. The third-order valence-corrected chi connectivity index (χ3v) is 4.30. The van der Waals surface area contributed by atoms with Gasteiger partial charge in [-0.05, 0) is 30.2 Å². The molecule has 1 aromatic heterocycles. The van der Waals surface area contributed by atoms with E-state index in [9.17, 15) is 14.0 Å². The molecule has 1 aliphatic heterocycles. The summed E-state index contributed by atoms with van der Waals surface area (Å²) in [6.07, 6.45) is 4.02. The highest BCUT2D eigenvalue weighted by atomic mass is 19.1. The van der Waals surface area contributed by atoms with Gasteiger partial charge in [0, 0.05) is 12.6 Å². The molecule has 0 unspecified atom stereocenters. The lowest BCUT2D eigenvalue weighted by atomic mass is 9.97.